The highest BCUT2D eigenvalue weighted by Gasteiger charge is 2.52. The molecule has 0 atom stereocenters. The van der Waals surface area contributed by atoms with E-state index in [1.165, 1.54) is 5.56 Å². The number of pyridine rings is 1. The summed E-state index contributed by atoms with van der Waals surface area (Å²) in [6.45, 7) is 4.58. The molecule has 2 aliphatic rings. The second kappa shape index (κ2) is 9.12. The van der Waals surface area contributed by atoms with Crippen molar-refractivity contribution in [1.82, 2.24) is 9.88 Å². The van der Waals surface area contributed by atoms with Crippen LogP contribution in [0.1, 0.15) is 35.2 Å². The van der Waals surface area contributed by atoms with E-state index in [0.717, 1.165) is 71.4 Å². The number of carboxylic acids is 1. The number of aromatic nitrogens is 1. The summed E-state index contributed by atoms with van der Waals surface area (Å²) < 4.78 is 0. The number of nitrogens with zero attached hydrogens (tertiary/aromatic N) is 3. The Labute approximate surface area is 216 Å². The van der Waals surface area contributed by atoms with E-state index in [1.807, 2.05) is 71.8 Å². The van der Waals surface area contributed by atoms with Gasteiger partial charge in [0.1, 0.15) is 0 Å². The number of likely N-dealkylation sites (tertiary alicyclic amines) is 1. The van der Waals surface area contributed by atoms with Gasteiger partial charge in [0.05, 0.1) is 23.2 Å². The van der Waals surface area contributed by atoms with Crippen molar-refractivity contribution in [3.63, 3.8) is 0 Å². The van der Waals surface area contributed by atoms with Crippen molar-refractivity contribution in [2.75, 3.05) is 18.0 Å². The van der Waals surface area contributed by atoms with Gasteiger partial charge in [-0.3, -0.25) is 24.4 Å². The maximum atomic E-state index is 14.2. The van der Waals surface area contributed by atoms with E-state index in [-0.39, 0.29) is 12.3 Å². The molecule has 1 N–H and O–H groups in total. The zero-order valence-electron chi connectivity index (χ0n) is 20.9. The highest BCUT2D eigenvalue weighted by atomic mass is 16.4. The number of benzene rings is 3. The standard InChI is InChI=1S/C31H29N3O3/c1-21-5-4-14-32-27(21)20-33-15-12-31(13-16-33)26-6-2-3-7-28(26)34(30(31)37)25-11-10-23-17-22(18-29(35)36)8-9-24(23)19-25/h2-11,14,17,19H,12-13,15-16,18,20H2,1H3,(H,35,36). The van der Waals surface area contributed by atoms with Crippen LogP contribution in [-0.4, -0.2) is 40.0 Å². The Kier molecular flexibility index (Phi) is 5.76. The van der Waals surface area contributed by atoms with Crippen LogP contribution < -0.4 is 4.90 Å². The first-order chi connectivity index (χ1) is 17.9. The number of amides is 1. The molecule has 4 aromatic rings. The Balaban J connectivity index is 1.29. The Morgan fingerprint density at radius 2 is 1.73 bits per heavy atom. The van der Waals surface area contributed by atoms with Gasteiger partial charge in [-0.05, 0) is 84.6 Å². The minimum atomic E-state index is -0.846. The van der Waals surface area contributed by atoms with Gasteiger partial charge in [-0.2, -0.15) is 0 Å². The van der Waals surface area contributed by atoms with E-state index in [1.54, 1.807) is 0 Å². The molecule has 0 radical (unpaired) electrons. The van der Waals surface area contributed by atoms with E-state index in [9.17, 15) is 9.59 Å². The fourth-order valence-corrected chi connectivity index (χ4v) is 5.95. The molecule has 6 rings (SSSR count). The zero-order chi connectivity index (χ0) is 25.6. The summed E-state index contributed by atoms with van der Waals surface area (Å²) in [5.74, 6) is -0.703. The van der Waals surface area contributed by atoms with Crippen LogP contribution in [0.5, 0.6) is 0 Å². The number of aliphatic carboxylic acids is 1. The van der Waals surface area contributed by atoms with Crippen LogP contribution in [-0.2, 0) is 28.0 Å². The number of rotatable bonds is 5. The molecule has 0 unspecified atom stereocenters. The van der Waals surface area contributed by atoms with Crippen LogP contribution in [0.25, 0.3) is 10.8 Å². The molecule has 186 valence electrons. The molecule has 2 aliphatic heterocycles. The van der Waals surface area contributed by atoms with Crippen LogP contribution >= 0.6 is 0 Å². The van der Waals surface area contributed by atoms with Crippen LogP contribution in [0.4, 0.5) is 11.4 Å². The van der Waals surface area contributed by atoms with Gasteiger partial charge in [0.2, 0.25) is 5.91 Å². The molecular weight excluding hydrogens is 462 g/mol. The Hall–Kier alpha value is -4.03. The molecule has 0 aliphatic carbocycles. The van der Waals surface area contributed by atoms with Gasteiger partial charge in [-0.25, -0.2) is 0 Å². The summed E-state index contributed by atoms with van der Waals surface area (Å²) in [5.41, 5.74) is 5.46. The lowest BCUT2D eigenvalue weighted by molar-refractivity contribution is -0.136. The Bertz CT molecular complexity index is 1520. The largest absolute Gasteiger partial charge is 0.481 e. The van der Waals surface area contributed by atoms with Crippen molar-refractivity contribution >= 4 is 34.0 Å². The molecule has 0 saturated carbocycles. The first-order valence-electron chi connectivity index (χ1n) is 12.8. The van der Waals surface area contributed by atoms with Crippen molar-refractivity contribution < 1.29 is 14.7 Å². The average Bonchev–Trinajstić information content (AvgIpc) is 3.13. The third kappa shape index (κ3) is 4.07. The van der Waals surface area contributed by atoms with Gasteiger partial charge in [-0.1, -0.05) is 48.5 Å². The van der Waals surface area contributed by atoms with Gasteiger partial charge in [0, 0.05) is 18.4 Å². The van der Waals surface area contributed by atoms with Crippen LogP contribution in [0.15, 0.2) is 79.0 Å². The number of carbonyl (C=O) groups is 2. The van der Waals surface area contributed by atoms with E-state index in [4.69, 9.17) is 5.11 Å². The number of carbonyl (C=O) groups excluding carboxylic acids is 1. The predicted molar refractivity (Wildman–Crippen MR) is 144 cm³/mol. The Morgan fingerprint density at radius 1 is 0.973 bits per heavy atom. The quantitative estimate of drug-likeness (QED) is 0.406. The van der Waals surface area contributed by atoms with Crippen LogP contribution in [0, 0.1) is 6.92 Å². The number of para-hydroxylation sites is 1. The number of aryl methyl sites for hydroxylation is 1. The zero-order valence-corrected chi connectivity index (χ0v) is 20.9. The van der Waals surface area contributed by atoms with Crippen molar-refractivity contribution in [2.45, 2.75) is 38.1 Å². The molecule has 37 heavy (non-hydrogen) atoms. The topological polar surface area (TPSA) is 73.7 Å². The van der Waals surface area contributed by atoms with Crippen LogP contribution in [0.3, 0.4) is 0 Å². The molecule has 1 amide bonds. The molecular formula is C31H29N3O3. The lowest BCUT2D eigenvalue weighted by Crippen LogP contribution is -2.47. The number of fused-ring (bicyclic) bond motifs is 3. The summed E-state index contributed by atoms with van der Waals surface area (Å²) in [4.78, 5) is 34.2. The van der Waals surface area contributed by atoms with Crippen molar-refractivity contribution in [2.24, 2.45) is 0 Å². The fraction of sp³-hybridized carbons (Fsp3) is 0.258. The van der Waals surface area contributed by atoms with E-state index in [2.05, 4.69) is 28.9 Å². The lowest BCUT2D eigenvalue weighted by atomic mass is 9.73. The maximum Gasteiger partial charge on any atom is 0.307 e. The molecule has 6 heteroatoms. The average molecular weight is 492 g/mol. The SMILES string of the molecule is Cc1cccnc1CN1CCC2(CC1)C(=O)N(c1ccc3cc(CC(=O)O)ccc3c1)c1ccccc12. The molecule has 0 bridgehead atoms. The van der Waals surface area contributed by atoms with Crippen molar-refractivity contribution in [3.05, 3.63) is 101 Å². The Morgan fingerprint density at radius 3 is 2.51 bits per heavy atom. The maximum absolute atomic E-state index is 14.2. The molecule has 3 aromatic carbocycles. The molecule has 1 fully saturated rings. The predicted octanol–water partition coefficient (Wildman–Crippen LogP) is 5.38. The van der Waals surface area contributed by atoms with Gasteiger partial charge in [0.25, 0.3) is 0 Å². The summed E-state index contributed by atoms with van der Waals surface area (Å²) in [6.07, 6.45) is 3.39. The summed E-state index contributed by atoms with van der Waals surface area (Å²) in [5, 5.41) is 11.1. The smallest absolute Gasteiger partial charge is 0.307 e. The molecule has 3 heterocycles. The first-order valence-corrected chi connectivity index (χ1v) is 12.8. The fourth-order valence-electron chi connectivity index (χ4n) is 5.95. The summed E-state index contributed by atoms with van der Waals surface area (Å²) >= 11 is 0. The molecule has 1 aromatic heterocycles. The number of hydrogen-bond acceptors (Lipinski definition) is 4. The second-order valence-electron chi connectivity index (χ2n) is 10.2. The van der Waals surface area contributed by atoms with E-state index in [0.29, 0.717) is 0 Å². The number of carboxylic acid groups (broad SMARTS) is 1. The van der Waals surface area contributed by atoms with E-state index < -0.39 is 11.4 Å². The third-order valence-electron chi connectivity index (χ3n) is 7.98. The van der Waals surface area contributed by atoms with Crippen LogP contribution in [0.2, 0.25) is 0 Å². The normalized spacial score (nSPS) is 16.9. The van der Waals surface area contributed by atoms with E-state index >= 15 is 0 Å². The highest BCUT2D eigenvalue weighted by Crippen LogP contribution is 2.50. The van der Waals surface area contributed by atoms with Gasteiger partial charge < -0.3 is 5.11 Å². The van der Waals surface area contributed by atoms with Gasteiger partial charge in [-0.15, -0.1) is 0 Å². The second-order valence-corrected chi connectivity index (χ2v) is 10.2. The number of anilines is 2. The first kappa shape index (κ1) is 23.4. The van der Waals surface area contributed by atoms with Gasteiger partial charge >= 0.3 is 5.97 Å². The monoisotopic (exact) mass is 491 g/mol. The number of piperidine rings is 1. The van der Waals surface area contributed by atoms with Gasteiger partial charge in [0.15, 0.2) is 0 Å². The third-order valence-corrected chi connectivity index (χ3v) is 7.98. The lowest BCUT2D eigenvalue weighted by Gasteiger charge is -2.38. The molecule has 6 nitrogen and oxygen atoms in total. The van der Waals surface area contributed by atoms with Crippen molar-refractivity contribution in [3.8, 4) is 0 Å². The molecule has 1 spiro atoms. The highest BCUT2D eigenvalue weighted by molar-refractivity contribution is 6.13. The minimum absolute atomic E-state index is 0.00484. The number of hydrogen-bond donors (Lipinski definition) is 1. The van der Waals surface area contributed by atoms with Crippen molar-refractivity contribution in [1.29, 1.82) is 0 Å². The minimum Gasteiger partial charge on any atom is -0.481 e. The molecule has 1 saturated heterocycles. The summed E-state index contributed by atoms with van der Waals surface area (Å²) in [6, 6.07) is 23.9. The summed E-state index contributed by atoms with van der Waals surface area (Å²) in [7, 11) is 0.